The highest BCUT2D eigenvalue weighted by Crippen LogP contribution is 2.24. The van der Waals surface area contributed by atoms with Gasteiger partial charge in [0.2, 0.25) is 11.8 Å². The lowest BCUT2D eigenvalue weighted by Crippen LogP contribution is -2.24. The zero-order valence-corrected chi connectivity index (χ0v) is 12.1. The molecule has 0 unspecified atom stereocenters. The van der Waals surface area contributed by atoms with E-state index < -0.39 is 0 Å². The van der Waals surface area contributed by atoms with Crippen molar-refractivity contribution in [3.8, 4) is 5.88 Å². The fraction of sp³-hybridized carbons (Fsp3) is 0.462. The van der Waals surface area contributed by atoms with E-state index in [0.29, 0.717) is 35.6 Å². The number of anilines is 2. The molecule has 2 rings (SSSR count). The van der Waals surface area contributed by atoms with Crippen molar-refractivity contribution in [2.45, 2.75) is 39.8 Å². The fourth-order valence-electron chi connectivity index (χ4n) is 1.50. The van der Waals surface area contributed by atoms with E-state index in [1.165, 1.54) is 0 Å². The Labute approximate surface area is 117 Å². The van der Waals surface area contributed by atoms with Crippen LogP contribution in [0.2, 0.25) is 0 Å². The van der Waals surface area contributed by atoms with Gasteiger partial charge in [-0.05, 0) is 32.9 Å². The lowest BCUT2D eigenvalue weighted by Gasteiger charge is -2.21. The number of hydrogen-bond acceptors (Lipinski definition) is 7. The summed E-state index contributed by atoms with van der Waals surface area (Å²) in [7, 11) is 0. The maximum Gasteiger partial charge on any atom is 0.239 e. The zero-order valence-electron chi connectivity index (χ0n) is 12.1. The van der Waals surface area contributed by atoms with E-state index in [2.05, 4.69) is 20.4 Å². The molecule has 3 N–H and O–H groups in total. The van der Waals surface area contributed by atoms with Crippen LogP contribution in [-0.2, 0) is 6.54 Å². The molecule has 0 saturated carbocycles. The summed E-state index contributed by atoms with van der Waals surface area (Å²) in [6, 6.07) is 3.52. The summed E-state index contributed by atoms with van der Waals surface area (Å²) in [5, 5.41) is 6.89. The van der Waals surface area contributed by atoms with Crippen molar-refractivity contribution in [1.82, 2.24) is 15.1 Å². The average Bonchev–Trinajstić information content (AvgIpc) is 2.74. The zero-order chi connectivity index (χ0) is 14.8. The van der Waals surface area contributed by atoms with Crippen LogP contribution in [0.15, 0.2) is 16.7 Å². The quantitative estimate of drug-likeness (QED) is 0.883. The standard InChI is InChI=1S/C13H19N5O2/c1-8-16-11(18-20-8)7-15-10-6-5-9(14)12(17-10)19-13(2,3)4/h5-6H,7,14H2,1-4H3,(H,15,17). The summed E-state index contributed by atoms with van der Waals surface area (Å²) in [6.45, 7) is 7.99. The van der Waals surface area contributed by atoms with E-state index in [1.807, 2.05) is 20.8 Å². The van der Waals surface area contributed by atoms with Crippen molar-refractivity contribution in [2.24, 2.45) is 0 Å². The highest BCUT2D eigenvalue weighted by Gasteiger charge is 2.15. The first kappa shape index (κ1) is 14.1. The Balaban J connectivity index is 2.07. The van der Waals surface area contributed by atoms with Crippen molar-refractivity contribution in [3.63, 3.8) is 0 Å². The lowest BCUT2D eigenvalue weighted by atomic mass is 10.2. The van der Waals surface area contributed by atoms with Crippen LogP contribution in [0.25, 0.3) is 0 Å². The molecular weight excluding hydrogens is 258 g/mol. The van der Waals surface area contributed by atoms with Gasteiger partial charge in [-0.25, -0.2) is 0 Å². The molecule has 2 aromatic rings. The minimum Gasteiger partial charge on any atom is -0.470 e. The van der Waals surface area contributed by atoms with Crippen LogP contribution in [0.1, 0.15) is 32.5 Å². The molecule has 0 radical (unpaired) electrons. The van der Waals surface area contributed by atoms with Crippen LogP contribution in [0.5, 0.6) is 5.88 Å². The van der Waals surface area contributed by atoms with E-state index in [9.17, 15) is 0 Å². The monoisotopic (exact) mass is 277 g/mol. The second-order valence-corrected chi connectivity index (χ2v) is 5.39. The third-order valence-corrected chi connectivity index (χ3v) is 2.29. The molecule has 0 bridgehead atoms. The smallest absolute Gasteiger partial charge is 0.239 e. The summed E-state index contributed by atoms with van der Waals surface area (Å²) in [6.07, 6.45) is 0. The normalized spacial score (nSPS) is 11.4. The van der Waals surface area contributed by atoms with Gasteiger partial charge in [0.15, 0.2) is 5.82 Å². The van der Waals surface area contributed by atoms with Crippen LogP contribution in [-0.4, -0.2) is 20.7 Å². The molecule has 0 aliphatic rings. The van der Waals surface area contributed by atoms with Crippen LogP contribution >= 0.6 is 0 Å². The van der Waals surface area contributed by atoms with Crippen molar-refractivity contribution in [2.75, 3.05) is 11.1 Å². The number of ether oxygens (including phenoxy) is 1. The molecule has 20 heavy (non-hydrogen) atoms. The average molecular weight is 277 g/mol. The summed E-state index contributed by atoms with van der Waals surface area (Å²) < 4.78 is 10.6. The minimum absolute atomic E-state index is 0.357. The van der Waals surface area contributed by atoms with Crippen LogP contribution in [0.4, 0.5) is 11.5 Å². The van der Waals surface area contributed by atoms with Crippen molar-refractivity contribution < 1.29 is 9.26 Å². The second-order valence-electron chi connectivity index (χ2n) is 5.39. The Kier molecular flexibility index (Phi) is 3.78. The summed E-state index contributed by atoms with van der Waals surface area (Å²) >= 11 is 0. The highest BCUT2D eigenvalue weighted by atomic mass is 16.5. The molecule has 2 aromatic heterocycles. The highest BCUT2D eigenvalue weighted by molar-refractivity contribution is 5.53. The van der Waals surface area contributed by atoms with E-state index in [1.54, 1.807) is 19.1 Å². The van der Waals surface area contributed by atoms with Gasteiger partial charge in [-0.15, -0.1) is 0 Å². The van der Waals surface area contributed by atoms with E-state index in [4.69, 9.17) is 15.0 Å². The topological polar surface area (TPSA) is 99.1 Å². The molecule has 0 aliphatic carbocycles. The number of aryl methyl sites for hydroxylation is 1. The van der Waals surface area contributed by atoms with Gasteiger partial charge in [0.05, 0.1) is 12.2 Å². The first-order valence-corrected chi connectivity index (χ1v) is 6.32. The number of nitrogen functional groups attached to an aromatic ring is 1. The molecule has 7 heteroatoms. The van der Waals surface area contributed by atoms with E-state index in [0.717, 1.165) is 0 Å². The first-order chi connectivity index (χ1) is 9.33. The molecule has 0 aromatic carbocycles. The number of hydrogen-bond donors (Lipinski definition) is 2. The summed E-state index contributed by atoms with van der Waals surface area (Å²) in [5.74, 6) is 2.15. The van der Waals surface area contributed by atoms with Crippen molar-refractivity contribution >= 4 is 11.5 Å². The maximum absolute atomic E-state index is 5.85. The third kappa shape index (κ3) is 3.84. The summed E-state index contributed by atoms with van der Waals surface area (Å²) in [5.41, 5.74) is 6.00. The maximum atomic E-state index is 5.85. The largest absolute Gasteiger partial charge is 0.470 e. The van der Waals surface area contributed by atoms with Gasteiger partial charge in [-0.3, -0.25) is 0 Å². The molecular formula is C13H19N5O2. The Morgan fingerprint density at radius 3 is 2.65 bits per heavy atom. The molecule has 0 saturated heterocycles. The Morgan fingerprint density at radius 2 is 2.05 bits per heavy atom. The Hall–Kier alpha value is -2.31. The van der Waals surface area contributed by atoms with Crippen LogP contribution in [0.3, 0.4) is 0 Å². The van der Waals surface area contributed by atoms with Gasteiger partial charge in [0, 0.05) is 6.92 Å². The number of nitrogens with one attached hydrogen (secondary N) is 1. The Morgan fingerprint density at radius 1 is 1.30 bits per heavy atom. The van der Waals surface area contributed by atoms with Crippen molar-refractivity contribution in [3.05, 3.63) is 23.8 Å². The SMILES string of the molecule is Cc1nc(CNc2ccc(N)c(OC(C)(C)C)n2)no1. The van der Waals surface area contributed by atoms with Gasteiger partial charge in [0.25, 0.3) is 0 Å². The van der Waals surface area contributed by atoms with E-state index >= 15 is 0 Å². The molecule has 108 valence electrons. The molecule has 0 aliphatic heterocycles. The van der Waals surface area contributed by atoms with Crippen molar-refractivity contribution in [1.29, 1.82) is 0 Å². The van der Waals surface area contributed by atoms with Crippen LogP contribution in [0, 0.1) is 6.92 Å². The molecule has 2 heterocycles. The number of pyridine rings is 1. The molecule has 0 fully saturated rings. The third-order valence-electron chi connectivity index (χ3n) is 2.29. The minimum atomic E-state index is -0.357. The molecule has 0 amide bonds. The van der Waals surface area contributed by atoms with Gasteiger partial charge >= 0.3 is 0 Å². The predicted molar refractivity (Wildman–Crippen MR) is 75.4 cm³/mol. The van der Waals surface area contributed by atoms with Gasteiger partial charge in [-0.1, -0.05) is 5.16 Å². The van der Waals surface area contributed by atoms with Gasteiger partial charge in [0.1, 0.15) is 11.4 Å². The Bertz CT molecular complexity index is 589. The molecule has 0 spiro atoms. The molecule has 7 nitrogen and oxygen atoms in total. The fourth-order valence-corrected chi connectivity index (χ4v) is 1.50. The number of aromatic nitrogens is 3. The van der Waals surface area contributed by atoms with E-state index in [-0.39, 0.29) is 5.60 Å². The predicted octanol–water partition coefficient (Wildman–Crippen LogP) is 2.14. The lowest BCUT2D eigenvalue weighted by molar-refractivity contribution is 0.125. The number of rotatable bonds is 4. The van der Waals surface area contributed by atoms with Gasteiger partial charge in [-0.2, -0.15) is 9.97 Å². The second kappa shape index (κ2) is 5.36. The van der Waals surface area contributed by atoms with Gasteiger partial charge < -0.3 is 20.3 Å². The number of nitrogens with two attached hydrogens (primary N) is 1. The number of nitrogens with zero attached hydrogens (tertiary/aromatic N) is 3. The first-order valence-electron chi connectivity index (χ1n) is 6.32. The summed E-state index contributed by atoms with van der Waals surface area (Å²) in [4.78, 5) is 8.44. The molecule has 0 atom stereocenters. The van der Waals surface area contributed by atoms with Crippen LogP contribution < -0.4 is 15.8 Å².